The molecule has 13 nitrogen and oxygen atoms in total. The molecular formula is C41H64O13. The van der Waals surface area contributed by atoms with Crippen molar-refractivity contribution < 1.29 is 63.5 Å². The third kappa shape index (κ3) is 6.72. The summed E-state index contributed by atoms with van der Waals surface area (Å²) in [6, 6.07) is 0. The number of fused-ring (bicyclic) bond motifs is 5. The lowest BCUT2D eigenvalue weighted by Gasteiger charge is -2.65. The van der Waals surface area contributed by atoms with Crippen molar-refractivity contribution in [2.45, 2.75) is 197 Å². The van der Waals surface area contributed by atoms with Gasteiger partial charge in [0, 0.05) is 30.8 Å². The van der Waals surface area contributed by atoms with Gasteiger partial charge >= 0.3 is 5.97 Å². The number of ether oxygens (including phenoxy) is 7. The molecule has 0 bridgehead atoms. The van der Waals surface area contributed by atoms with Gasteiger partial charge in [0.2, 0.25) is 0 Å². The number of hydrogen-bond donors (Lipinski definition) is 5. The van der Waals surface area contributed by atoms with Crippen molar-refractivity contribution in [2.75, 3.05) is 6.61 Å². The Morgan fingerprint density at radius 2 is 1.44 bits per heavy atom. The maximum Gasteiger partial charge on any atom is 0.331 e. The van der Waals surface area contributed by atoms with E-state index in [-0.39, 0.29) is 60.5 Å². The third-order valence-electron chi connectivity index (χ3n) is 15.9. The second kappa shape index (κ2) is 14.9. The average molecular weight is 765 g/mol. The summed E-state index contributed by atoms with van der Waals surface area (Å²) in [5, 5.41) is 55.9. The zero-order valence-corrected chi connectivity index (χ0v) is 32.6. The van der Waals surface area contributed by atoms with Crippen molar-refractivity contribution in [3.05, 3.63) is 11.6 Å². The fourth-order valence-electron chi connectivity index (χ4n) is 12.7. The SMILES string of the molecule is CC1OC(OC2C(O)CC(OC3CCC4(C)C(CCC5C4CC(O)C4(C)C(C6=CC(=O)OC6)CCC54O)C3)OC2C)CCC1OC1CC(O)C(O)C(C)O1. The molecule has 13 heteroatoms. The van der Waals surface area contributed by atoms with E-state index >= 15 is 0 Å². The number of aliphatic hydroxyl groups is 5. The number of carbonyl (C=O) groups excluding carboxylic acids is 1. The van der Waals surface area contributed by atoms with E-state index < -0.39 is 72.6 Å². The zero-order chi connectivity index (χ0) is 38.3. The van der Waals surface area contributed by atoms with Crippen LogP contribution in [0.25, 0.3) is 0 Å². The van der Waals surface area contributed by atoms with Crippen LogP contribution in [0.5, 0.6) is 0 Å². The highest BCUT2D eigenvalue weighted by Crippen LogP contribution is 2.70. The summed E-state index contributed by atoms with van der Waals surface area (Å²) in [5.41, 5.74) is -0.828. The van der Waals surface area contributed by atoms with Crippen LogP contribution in [0.15, 0.2) is 11.6 Å². The van der Waals surface area contributed by atoms with Gasteiger partial charge in [0.25, 0.3) is 0 Å². The lowest BCUT2D eigenvalue weighted by atomic mass is 9.42. The summed E-state index contributed by atoms with van der Waals surface area (Å²) in [5.74, 6) is 0.289. The number of aliphatic hydroxyl groups excluding tert-OH is 4. The number of esters is 1. The number of hydrogen-bond acceptors (Lipinski definition) is 13. The van der Waals surface area contributed by atoms with E-state index in [4.69, 9.17) is 33.2 Å². The number of cyclic esters (lactones) is 1. The summed E-state index contributed by atoms with van der Waals surface area (Å²) in [6.45, 7) is 10.2. The Hall–Kier alpha value is -1.23. The molecule has 306 valence electrons. The maximum absolute atomic E-state index is 12.6. The zero-order valence-electron chi connectivity index (χ0n) is 32.6. The first kappa shape index (κ1) is 39.6. The second-order valence-electron chi connectivity index (χ2n) is 18.7. The van der Waals surface area contributed by atoms with E-state index in [1.165, 1.54) is 0 Å². The highest BCUT2D eigenvalue weighted by atomic mass is 16.7. The fraction of sp³-hybridized carbons (Fsp3) is 0.927. The molecule has 0 radical (unpaired) electrons. The van der Waals surface area contributed by atoms with Gasteiger partial charge in [0.1, 0.15) is 18.8 Å². The molecule has 4 aliphatic carbocycles. The van der Waals surface area contributed by atoms with Crippen LogP contribution in [0.3, 0.4) is 0 Å². The molecular weight excluding hydrogens is 700 g/mol. The molecule has 4 saturated carbocycles. The van der Waals surface area contributed by atoms with Crippen LogP contribution in [-0.4, -0.2) is 124 Å². The van der Waals surface area contributed by atoms with Crippen LogP contribution in [0, 0.1) is 34.5 Å². The van der Waals surface area contributed by atoms with Gasteiger partial charge in [-0.15, -0.1) is 0 Å². The first-order valence-electron chi connectivity index (χ1n) is 20.8. The molecule has 54 heavy (non-hydrogen) atoms. The minimum absolute atomic E-state index is 0.00831. The van der Waals surface area contributed by atoms with Gasteiger partial charge in [-0.25, -0.2) is 4.79 Å². The lowest BCUT2D eigenvalue weighted by Crippen LogP contribution is -2.67. The minimum Gasteiger partial charge on any atom is -0.458 e. The van der Waals surface area contributed by atoms with E-state index in [2.05, 4.69) is 6.92 Å². The largest absolute Gasteiger partial charge is 0.458 e. The standard InChI is InChI=1S/C41H64O13/c1-20-31(53-36-17-29(42)37(46)21(2)50-36)8-9-34(49-20)54-38-22(3)51-35(18-30(38)43)52-25-10-12-39(4)24(15-25)6-7-27-28(39)16-32(44)40(5)26(11-13-41(27,40)47)23-14-33(45)48-19-23/h14,20-22,24-32,34-38,42-44,46-47H,6-13,15-19H2,1-5H3. The predicted molar refractivity (Wildman–Crippen MR) is 191 cm³/mol. The monoisotopic (exact) mass is 764 g/mol. The summed E-state index contributed by atoms with van der Waals surface area (Å²) in [7, 11) is 0. The highest BCUT2D eigenvalue weighted by Gasteiger charge is 2.71. The molecule has 3 saturated heterocycles. The summed E-state index contributed by atoms with van der Waals surface area (Å²) < 4.78 is 42.5. The van der Waals surface area contributed by atoms with Crippen LogP contribution < -0.4 is 0 Å². The van der Waals surface area contributed by atoms with Crippen LogP contribution in [0.4, 0.5) is 0 Å². The molecule has 5 N–H and O–H groups in total. The van der Waals surface area contributed by atoms with E-state index in [9.17, 15) is 30.3 Å². The van der Waals surface area contributed by atoms with Crippen molar-refractivity contribution in [1.29, 1.82) is 0 Å². The van der Waals surface area contributed by atoms with Crippen LogP contribution in [0.1, 0.15) is 112 Å². The second-order valence-corrected chi connectivity index (χ2v) is 18.7. The third-order valence-corrected chi connectivity index (χ3v) is 15.9. The molecule has 4 heterocycles. The first-order chi connectivity index (χ1) is 25.6. The molecule has 8 rings (SSSR count). The summed E-state index contributed by atoms with van der Waals surface area (Å²) in [6.07, 6.45) is 2.77. The van der Waals surface area contributed by atoms with Gasteiger partial charge in [-0.3, -0.25) is 0 Å². The lowest BCUT2D eigenvalue weighted by molar-refractivity contribution is -0.324. The van der Waals surface area contributed by atoms with Crippen LogP contribution in [-0.2, 0) is 38.0 Å². The Kier molecular flexibility index (Phi) is 10.9. The normalized spacial score (nSPS) is 55.0. The van der Waals surface area contributed by atoms with Gasteiger partial charge in [-0.05, 0) is 113 Å². The average Bonchev–Trinajstić information content (AvgIpc) is 3.67. The topological polar surface area (TPSA) is 183 Å². The van der Waals surface area contributed by atoms with E-state index in [1.54, 1.807) is 13.0 Å². The number of carbonyl (C=O) groups is 1. The van der Waals surface area contributed by atoms with E-state index in [1.807, 2.05) is 20.8 Å². The summed E-state index contributed by atoms with van der Waals surface area (Å²) >= 11 is 0. The fourth-order valence-corrected chi connectivity index (χ4v) is 12.7. The molecule has 8 aliphatic rings. The maximum atomic E-state index is 12.6. The van der Waals surface area contributed by atoms with Crippen molar-refractivity contribution in [3.63, 3.8) is 0 Å². The van der Waals surface area contributed by atoms with Gasteiger partial charge in [-0.1, -0.05) is 13.8 Å². The molecule has 0 amide bonds. The minimum atomic E-state index is -0.997. The summed E-state index contributed by atoms with van der Waals surface area (Å²) in [4.78, 5) is 11.9. The van der Waals surface area contributed by atoms with Gasteiger partial charge in [-0.2, -0.15) is 0 Å². The Morgan fingerprint density at radius 3 is 2.15 bits per heavy atom. The Labute approximate surface area is 319 Å². The molecule has 20 unspecified atom stereocenters. The van der Waals surface area contributed by atoms with Crippen LogP contribution in [0.2, 0.25) is 0 Å². The van der Waals surface area contributed by atoms with Crippen molar-refractivity contribution >= 4 is 5.97 Å². The molecule has 0 spiro atoms. The van der Waals surface area contributed by atoms with E-state index in [0.717, 1.165) is 44.1 Å². The van der Waals surface area contributed by atoms with Gasteiger partial charge < -0.3 is 58.7 Å². The molecule has 7 fully saturated rings. The highest BCUT2D eigenvalue weighted by molar-refractivity contribution is 5.85. The molecule has 4 aliphatic heterocycles. The van der Waals surface area contributed by atoms with Gasteiger partial charge in [0.15, 0.2) is 18.9 Å². The van der Waals surface area contributed by atoms with Crippen molar-refractivity contribution in [3.8, 4) is 0 Å². The van der Waals surface area contributed by atoms with Gasteiger partial charge in [0.05, 0.1) is 54.4 Å². The smallest absolute Gasteiger partial charge is 0.331 e. The van der Waals surface area contributed by atoms with E-state index in [0.29, 0.717) is 38.0 Å². The molecule has 0 aromatic heterocycles. The molecule has 0 aromatic carbocycles. The molecule has 0 aromatic rings. The van der Waals surface area contributed by atoms with Crippen molar-refractivity contribution in [2.24, 2.45) is 34.5 Å². The van der Waals surface area contributed by atoms with Crippen LogP contribution >= 0.6 is 0 Å². The van der Waals surface area contributed by atoms with Crippen molar-refractivity contribution in [1.82, 2.24) is 0 Å². The molecule has 20 atom stereocenters. The first-order valence-corrected chi connectivity index (χ1v) is 20.8. The Balaban J connectivity index is 0.829. The predicted octanol–water partition coefficient (Wildman–Crippen LogP) is 3.25. The Morgan fingerprint density at radius 1 is 0.722 bits per heavy atom. The Bertz CT molecular complexity index is 1390. The number of rotatable bonds is 7. The quantitative estimate of drug-likeness (QED) is 0.188.